The van der Waals surface area contributed by atoms with Crippen molar-refractivity contribution in [1.29, 1.82) is 0 Å². The predicted octanol–water partition coefficient (Wildman–Crippen LogP) is 5.47. The summed E-state index contributed by atoms with van der Waals surface area (Å²) in [6.45, 7) is 5.88. The molecule has 1 amide bonds. The molecule has 0 atom stereocenters. The minimum atomic E-state index is -0.510. The van der Waals surface area contributed by atoms with Crippen LogP contribution >= 0.6 is 11.6 Å². The average molecular weight is 456 g/mol. The van der Waals surface area contributed by atoms with Crippen LogP contribution in [-0.2, 0) is 4.79 Å². The van der Waals surface area contributed by atoms with Crippen LogP contribution < -0.4 is 10.2 Å². The maximum Gasteiger partial charge on any atom is 0.277 e. The number of carbonyl (C=O) groups is 1. The molecule has 0 unspecified atom stereocenters. The van der Waals surface area contributed by atoms with E-state index >= 15 is 0 Å². The molecule has 166 valence electrons. The number of halogens is 1. The number of carbonyl (C=O) groups excluding carboxylic acids is 1. The minimum Gasteiger partial charge on any atom is -0.483 e. The number of nitro groups is 1. The Morgan fingerprint density at radius 2 is 2.03 bits per heavy atom. The van der Waals surface area contributed by atoms with E-state index in [1.54, 1.807) is 12.1 Å². The zero-order valence-electron chi connectivity index (χ0n) is 17.8. The van der Waals surface area contributed by atoms with Crippen molar-refractivity contribution in [3.63, 3.8) is 0 Å². The van der Waals surface area contributed by atoms with E-state index in [0.717, 1.165) is 11.1 Å². The molecule has 0 radical (unpaired) electrons. The number of hydrogen-bond acceptors (Lipinski definition) is 6. The standard InChI is InChI=1S/C23H22ClN3O5/c1-14(2)18-7-4-15(3)10-22(18)31-13-23(28)26-25-12-17-6-9-21(32-17)19-11-16(27(29)30)5-8-20(19)24/h4-12,14H,13H2,1-3H3,(H,26,28)/b25-12-. The van der Waals surface area contributed by atoms with Gasteiger partial charge in [0.05, 0.1) is 16.2 Å². The number of amides is 1. The van der Waals surface area contributed by atoms with Gasteiger partial charge in [0.15, 0.2) is 6.61 Å². The summed E-state index contributed by atoms with van der Waals surface area (Å²) in [6.07, 6.45) is 1.32. The fraction of sp³-hybridized carbons (Fsp3) is 0.217. The molecule has 3 aromatic rings. The fourth-order valence-corrected chi connectivity index (χ4v) is 3.18. The molecular weight excluding hydrogens is 434 g/mol. The third-order valence-electron chi connectivity index (χ3n) is 4.58. The summed E-state index contributed by atoms with van der Waals surface area (Å²) < 4.78 is 11.3. The summed E-state index contributed by atoms with van der Waals surface area (Å²) >= 11 is 6.13. The number of nitrogens with one attached hydrogen (secondary N) is 1. The van der Waals surface area contributed by atoms with E-state index in [0.29, 0.717) is 27.9 Å². The highest BCUT2D eigenvalue weighted by Crippen LogP contribution is 2.32. The van der Waals surface area contributed by atoms with Gasteiger partial charge in [0, 0.05) is 17.7 Å². The molecule has 0 saturated heterocycles. The highest BCUT2D eigenvalue weighted by Gasteiger charge is 2.14. The monoisotopic (exact) mass is 455 g/mol. The van der Waals surface area contributed by atoms with Gasteiger partial charge in [0.1, 0.15) is 17.3 Å². The number of nitrogens with zero attached hydrogens (tertiary/aromatic N) is 2. The third-order valence-corrected chi connectivity index (χ3v) is 4.91. The number of ether oxygens (including phenoxy) is 1. The normalized spacial score (nSPS) is 11.2. The van der Waals surface area contributed by atoms with Gasteiger partial charge in [-0.25, -0.2) is 5.43 Å². The van der Waals surface area contributed by atoms with E-state index in [1.165, 1.54) is 24.4 Å². The van der Waals surface area contributed by atoms with E-state index in [1.807, 2.05) is 25.1 Å². The van der Waals surface area contributed by atoms with Crippen LogP contribution in [0.5, 0.6) is 5.75 Å². The van der Waals surface area contributed by atoms with Crippen molar-refractivity contribution in [2.24, 2.45) is 5.10 Å². The molecule has 1 N–H and O–H groups in total. The molecular formula is C23H22ClN3O5. The van der Waals surface area contributed by atoms with Crippen molar-refractivity contribution < 1.29 is 18.9 Å². The quantitative estimate of drug-likeness (QED) is 0.275. The number of nitro benzene ring substituents is 1. The van der Waals surface area contributed by atoms with Crippen LogP contribution in [-0.4, -0.2) is 23.7 Å². The first-order valence-corrected chi connectivity index (χ1v) is 10.2. The summed E-state index contributed by atoms with van der Waals surface area (Å²) in [5.74, 6) is 1.19. The second-order valence-corrected chi connectivity index (χ2v) is 7.81. The lowest BCUT2D eigenvalue weighted by atomic mass is 10.0. The first kappa shape index (κ1) is 23.0. The third kappa shape index (κ3) is 5.73. The van der Waals surface area contributed by atoms with Gasteiger partial charge in [0.2, 0.25) is 0 Å². The first-order chi connectivity index (χ1) is 15.2. The highest BCUT2D eigenvalue weighted by atomic mass is 35.5. The molecule has 0 aliphatic rings. The van der Waals surface area contributed by atoms with Crippen molar-refractivity contribution in [3.05, 3.63) is 80.6 Å². The molecule has 0 aliphatic heterocycles. The Kier molecular flexibility index (Phi) is 7.27. The summed E-state index contributed by atoms with van der Waals surface area (Å²) in [7, 11) is 0. The summed E-state index contributed by atoms with van der Waals surface area (Å²) in [5.41, 5.74) is 4.73. The van der Waals surface area contributed by atoms with Crippen LogP contribution in [0.15, 0.2) is 58.0 Å². The summed E-state index contributed by atoms with van der Waals surface area (Å²) in [4.78, 5) is 22.6. The predicted molar refractivity (Wildman–Crippen MR) is 122 cm³/mol. The number of aryl methyl sites for hydroxylation is 1. The van der Waals surface area contributed by atoms with Crippen molar-refractivity contribution in [1.82, 2.24) is 5.43 Å². The lowest BCUT2D eigenvalue weighted by Crippen LogP contribution is -2.24. The second kappa shape index (κ2) is 10.1. The smallest absolute Gasteiger partial charge is 0.277 e. The molecule has 0 spiro atoms. The Labute approximate surface area is 190 Å². The molecule has 1 aromatic heterocycles. The van der Waals surface area contributed by atoms with Crippen LogP contribution in [0, 0.1) is 17.0 Å². The summed E-state index contributed by atoms with van der Waals surface area (Å²) in [6, 6.07) is 13.2. The van der Waals surface area contributed by atoms with E-state index in [9.17, 15) is 14.9 Å². The van der Waals surface area contributed by atoms with Gasteiger partial charge in [-0.15, -0.1) is 0 Å². The summed E-state index contributed by atoms with van der Waals surface area (Å²) in [5, 5.41) is 15.2. The van der Waals surface area contributed by atoms with Crippen molar-refractivity contribution in [2.75, 3.05) is 6.61 Å². The molecule has 8 nitrogen and oxygen atoms in total. The van der Waals surface area contributed by atoms with E-state index in [4.69, 9.17) is 20.8 Å². The van der Waals surface area contributed by atoms with Crippen LogP contribution in [0.4, 0.5) is 5.69 Å². The lowest BCUT2D eigenvalue weighted by molar-refractivity contribution is -0.384. The lowest BCUT2D eigenvalue weighted by Gasteiger charge is -2.14. The van der Waals surface area contributed by atoms with E-state index in [2.05, 4.69) is 24.4 Å². The zero-order chi connectivity index (χ0) is 23.3. The SMILES string of the molecule is Cc1ccc(C(C)C)c(OCC(=O)N/N=C\c2ccc(-c3cc([N+](=O)[O-])ccc3Cl)o2)c1. The van der Waals surface area contributed by atoms with Crippen molar-refractivity contribution in [2.45, 2.75) is 26.7 Å². The largest absolute Gasteiger partial charge is 0.483 e. The molecule has 3 rings (SSSR count). The van der Waals surface area contributed by atoms with Crippen LogP contribution in [0.25, 0.3) is 11.3 Å². The Morgan fingerprint density at radius 1 is 1.25 bits per heavy atom. The number of furan rings is 1. The molecule has 0 aliphatic carbocycles. The van der Waals surface area contributed by atoms with Crippen LogP contribution in [0.3, 0.4) is 0 Å². The molecule has 32 heavy (non-hydrogen) atoms. The topological polar surface area (TPSA) is 107 Å². The number of hydrazone groups is 1. The Bertz CT molecular complexity index is 1170. The number of benzene rings is 2. The maximum absolute atomic E-state index is 12.1. The van der Waals surface area contributed by atoms with E-state index in [-0.39, 0.29) is 18.2 Å². The second-order valence-electron chi connectivity index (χ2n) is 7.40. The molecule has 0 bridgehead atoms. The Morgan fingerprint density at radius 3 is 2.75 bits per heavy atom. The molecule has 9 heteroatoms. The zero-order valence-corrected chi connectivity index (χ0v) is 18.6. The van der Waals surface area contributed by atoms with Gasteiger partial charge in [0.25, 0.3) is 11.6 Å². The van der Waals surface area contributed by atoms with Crippen LogP contribution in [0.1, 0.15) is 36.7 Å². The number of hydrogen-bond donors (Lipinski definition) is 1. The van der Waals surface area contributed by atoms with Gasteiger partial charge in [-0.1, -0.05) is 37.6 Å². The van der Waals surface area contributed by atoms with E-state index < -0.39 is 10.8 Å². The Balaban J connectivity index is 1.60. The fourth-order valence-electron chi connectivity index (χ4n) is 2.97. The van der Waals surface area contributed by atoms with Gasteiger partial charge < -0.3 is 9.15 Å². The van der Waals surface area contributed by atoms with Crippen molar-refractivity contribution in [3.8, 4) is 17.1 Å². The molecule has 2 aromatic carbocycles. The van der Waals surface area contributed by atoms with Gasteiger partial charge in [-0.3, -0.25) is 14.9 Å². The number of rotatable bonds is 8. The average Bonchev–Trinajstić information content (AvgIpc) is 3.21. The van der Waals surface area contributed by atoms with Crippen molar-refractivity contribution >= 4 is 29.4 Å². The highest BCUT2D eigenvalue weighted by molar-refractivity contribution is 6.33. The molecule has 0 saturated carbocycles. The van der Waals surface area contributed by atoms with Gasteiger partial charge >= 0.3 is 0 Å². The first-order valence-electron chi connectivity index (χ1n) is 9.84. The number of non-ortho nitro benzene ring substituents is 1. The molecule has 0 fully saturated rings. The molecule has 1 heterocycles. The van der Waals surface area contributed by atoms with Gasteiger partial charge in [-0.2, -0.15) is 5.10 Å². The van der Waals surface area contributed by atoms with Crippen LogP contribution in [0.2, 0.25) is 5.02 Å². The van der Waals surface area contributed by atoms with Gasteiger partial charge in [-0.05, 0) is 48.2 Å². The maximum atomic E-state index is 12.1. The minimum absolute atomic E-state index is 0.0995. The Hall–Kier alpha value is -3.65.